The maximum Gasteiger partial charge on any atom is 0.223 e. The number of amides is 1. The minimum atomic E-state index is 0. The largest absolute Gasteiger partial charge is 0.356 e. The summed E-state index contributed by atoms with van der Waals surface area (Å²) in [7, 11) is 0. The molecular formula is C13H25ClN2O. The smallest absolute Gasteiger partial charge is 0.223 e. The Morgan fingerprint density at radius 3 is 2.47 bits per heavy atom. The quantitative estimate of drug-likeness (QED) is 0.818. The predicted molar refractivity (Wildman–Crippen MR) is 72.1 cm³/mol. The lowest BCUT2D eigenvalue weighted by atomic mass is 9.85. The number of rotatable bonds is 3. The van der Waals surface area contributed by atoms with E-state index >= 15 is 0 Å². The van der Waals surface area contributed by atoms with Crippen LogP contribution in [-0.4, -0.2) is 18.5 Å². The Balaban J connectivity index is 0.00000144. The second-order valence-corrected chi connectivity index (χ2v) is 5.52. The van der Waals surface area contributed by atoms with E-state index in [0.717, 1.165) is 38.1 Å². The Morgan fingerprint density at radius 2 is 1.82 bits per heavy atom. The topological polar surface area (TPSA) is 55.1 Å². The van der Waals surface area contributed by atoms with E-state index < -0.39 is 0 Å². The van der Waals surface area contributed by atoms with Crippen LogP contribution in [0.3, 0.4) is 0 Å². The van der Waals surface area contributed by atoms with Gasteiger partial charge in [-0.1, -0.05) is 19.3 Å². The molecule has 0 aromatic rings. The molecule has 0 aromatic heterocycles. The number of nitrogens with one attached hydrogen (secondary N) is 1. The summed E-state index contributed by atoms with van der Waals surface area (Å²) >= 11 is 0. The molecule has 4 heteroatoms. The lowest BCUT2D eigenvalue weighted by Crippen LogP contribution is -2.39. The molecule has 2 aliphatic carbocycles. The van der Waals surface area contributed by atoms with Gasteiger partial charge in [-0.25, -0.2) is 0 Å². The fraction of sp³-hybridized carbons (Fsp3) is 0.923. The number of nitrogens with two attached hydrogens (primary N) is 1. The Morgan fingerprint density at radius 1 is 1.12 bits per heavy atom. The molecular weight excluding hydrogens is 236 g/mol. The first-order valence-corrected chi connectivity index (χ1v) is 6.79. The van der Waals surface area contributed by atoms with Crippen molar-refractivity contribution < 1.29 is 4.79 Å². The monoisotopic (exact) mass is 260 g/mol. The average molecular weight is 261 g/mol. The number of carbonyl (C=O) groups is 1. The van der Waals surface area contributed by atoms with Gasteiger partial charge in [-0.05, 0) is 38.0 Å². The molecule has 3 nitrogen and oxygen atoms in total. The highest BCUT2D eigenvalue weighted by molar-refractivity contribution is 5.85. The third-order valence-electron chi connectivity index (χ3n) is 4.13. The Bertz CT molecular complexity index is 242. The molecule has 2 unspecified atom stereocenters. The molecule has 1 amide bonds. The maximum atomic E-state index is 11.9. The van der Waals surface area contributed by atoms with Gasteiger partial charge in [-0.2, -0.15) is 0 Å². The molecule has 2 aliphatic rings. The molecule has 0 aliphatic heterocycles. The highest BCUT2D eigenvalue weighted by atomic mass is 35.5. The zero-order chi connectivity index (χ0) is 11.4. The van der Waals surface area contributed by atoms with E-state index in [1.165, 1.54) is 25.7 Å². The standard InChI is InChI=1S/C13H24N2O.ClH/c14-12-7-3-6-11(8-12)13(16)15-9-10-4-1-2-5-10;/h10-12H,1-9,14H2,(H,15,16);1H. The highest BCUT2D eigenvalue weighted by Gasteiger charge is 2.25. The van der Waals surface area contributed by atoms with E-state index in [1.54, 1.807) is 0 Å². The van der Waals surface area contributed by atoms with Crippen molar-refractivity contribution in [3.8, 4) is 0 Å². The molecule has 0 spiro atoms. The van der Waals surface area contributed by atoms with Crippen molar-refractivity contribution in [2.75, 3.05) is 6.54 Å². The zero-order valence-corrected chi connectivity index (χ0v) is 11.3. The molecule has 0 bridgehead atoms. The molecule has 100 valence electrons. The minimum absolute atomic E-state index is 0. The van der Waals surface area contributed by atoms with Crippen molar-refractivity contribution in [3.05, 3.63) is 0 Å². The maximum absolute atomic E-state index is 11.9. The highest BCUT2D eigenvalue weighted by Crippen LogP contribution is 2.25. The van der Waals surface area contributed by atoms with Crippen LogP contribution in [0.5, 0.6) is 0 Å². The number of hydrogen-bond donors (Lipinski definition) is 2. The van der Waals surface area contributed by atoms with Crippen LogP contribution in [0.4, 0.5) is 0 Å². The summed E-state index contributed by atoms with van der Waals surface area (Å²) < 4.78 is 0. The molecule has 2 atom stereocenters. The first kappa shape index (κ1) is 14.8. The zero-order valence-electron chi connectivity index (χ0n) is 10.5. The van der Waals surface area contributed by atoms with Crippen molar-refractivity contribution in [1.82, 2.24) is 5.32 Å². The van der Waals surface area contributed by atoms with Gasteiger partial charge >= 0.3 is 0 Å². The second-order valence-electron chi connectivity index (χ2n) is 5.52. The normalized spacial score (nSPS) is 29.7. The number of hydrogen-bond acceptors (Lipinski definition) is 2. The fourth-order valence-corrected chi connectivity index (χ4v) is 3.07. The van der Waals surface area contributed by atoms with E-state index in [2.05, 4.69) is 5.32 Å². The third kappa shape index (κ3) is 4.47. The summed E-state index contributed by atoms with van der Waals surface area (Å²) in [6, 6.07) is 0.246. The van der Waals surface area contributed by atoms with Crippen LogP contribution in [-0.2, 0) is 4.79 Å². The van der Waals surface area contributed by atoms with Crippen molar-refractivity contribution in [1.29, 1.82) is 0 Å². The molecule has 2 rings (SSSR count). The Kier molecular flexibility index (Phi) is 6.28. The number of carbonyl (C=O) groups excluding carboxylic acids is 1. The molecule has 3 N–H and O–H groups in total. The molecule has 0 heterocycles. The van der Waals surface area contributed by atoms with Crippen molar-refractivity contribution >= 4 is 18.3 Å². The van der Waals surface area contributed by atoms with Crippen LogP contribution < -0.4 is 11.1 Å². The fourth-order valence-electron chi connectivity index (χ4n) is 3.07. The van der Waals surface area contributed by atoms with Crippen molar-refractivity contribution in [2.24, 2.45) is 17.6 Å². The van der Waals surface area contributed by atoms with Gasteiger partial charge in [-0.15, -0.1) is 12.4 Å². The van der Waals surface area contributed by atoms with Crippen LogP contribution in [0.15, 0.2) is 0 Å². The predicted octanol–water partition coefficient (Wildman–Crippen LogP) is 2.23. The number of halogens is 1. The van der Waals surface area contributed by atoms with E-state index in [1.807, 2.05) is 0 Å². The van der Waals surface area contributed by atoms with Gasteiger partial charge in [0.15, 0.2) is 0 Å². The molecule has 0 radical (unpaired) electrons. The summed E-state index contributed by atoms with van der Waals surface area (Å²) in [4.78, 5) is 11.9. The summed E-state index contributed by atoms with van der Waals surface area (Å²) in [5.41, 5.74) is 5.90. The molecule has 17 heavy (non-hydrogen) atoms. The van der Waals surface area contributed by atoms with Gasteiger partial charge in [0, 0.05) is 18.5 Å². The van der Waals surface area contributed by atoms with Gasteiger partial charge in [0.2, 0.25) is 5.91 Å². The summed E-state index contributed by atoms with van der Waals surface area (Å²) in [5.74, 6) is 1.17. The SMILES string of the molecule is Cl.NC1CCCC(C(=O)NCC2CCCC2)C1. The van der Waals surface area contributed by atoms with E-state index in [-0.39, 0.29) is 30.3 Å². The van der Waals surface area contributed by atoms with Crippen LogP contribution in [0.25, 0.3) is 0 Å². The van der Waals surface area contributed by atoms with Crippen LogP contribution >= 0.6 is 12.4 Å². The van der Waals surface area contributed by atoms with E-state index in [4.69, 9.17) is 5.73 Å². The molecule has 2 fully saturated rings. The Labute approximate surface area is 110 Å². The van der Waals surface area contributed by atoms with E-state index in [0.29, 0.717) is 0 Å². The Hall–Kier alpha value is -0.280. The second kappa shape index (κ2) is 7.22. The van der Waals surface area contributed by atoms with Gasteiger partial charge in [0.25, 0.3) is 0 Å². The van der Waals surface area contributed by atoms with Crippen LogP contribution in [0, 0.1) is 11.8 Å². The van der Waals surface area contributed by atoms with Gasteiger partial charge < -0.3 is 11.1 Å². The molecule has 0 aromatic carbocycles. The van der Waals surface area contributed by atoms with Crippen molar-refractivity contribution in [3.63, 3.8) is 0 Å². The van der Waals surface area contributed by atoms with Crippen LogP contribution in [0.2, 0.25) is 0 Å². The lowest BCUT2D eigenvalue weighted by molar-refractivity contribution is -0.126. The lowest BCUT2D eigenvalue weighted by Gasteiger charge is -2.26. The van der Waals surface area contributed by atoms with E-state index in [9.17, 15) is 4.79 Å². The third-order valence-corrected chi connectivity index (χ3v) is 4.13. The minimum Gasteiger partial charge on any atom is -0.356 e. The molecule has 0 saturated heterocycles. The summed E-state index contributed by atoms with van der Waals surface area (Å²) in [6.45, 7) is 0.893. The summed E-state index contributed by atoms with van der Waals surface area (Å²) in [6.07, 6.45) is 9.40. The first-order valence-electron chi connectivity index (χ1n) is 6.79. The van der Waals surface area contributed by atoms with Gasteiger partial charge in [0.1, 0.15) is 0 Å². The first-order chi connectivity index (χ1) is 7.75. The van der Waals surface area contributed by atoms with Crippen LogP contribution in [0.1, 0.15) is 51.4 Å². The van der Waals surface area contributed by atoms with Crippen molar-refractivity contribution in [2.45, 2.75) is 57.4 Å². The van der Waals surface area contributed by atoms with Gasteiger partial charge in [-0.3, -0.25) is 4.79 Å². The molecule has 2 saturated carbocycles. The van der Waals surface area contributed by atoms with Gasteiger partial charge in [0.05, 0.1) is 0 Å². The average Bonchev–Trinajstić information content (AvgIpc) is 2.78. The summed E-state index contributed by atoms with van der Waals surface area (Å²) in [5, 5.41) is 3.12.